The molecule has 0 fully saturated rings. The third-order valence-electron chi connectivity index (χ3n) is 3.82. The van der Waals surface area contributed by atoms with Crippen LogP contribution in [0.5, 0.6) is 11.5 Å². The highest BCUT2D eigenvalue weighted by molar-refractivity contribution is 5.93. The van der Waals surface area contributed by atoms with E-state index in [1.165, 1.54) is 24.8 Å². The molecule has 7 nitrogen and oxygen atoms in total. The van der Waals surface area contributed by atoms with Gasteiger partial charge in [-0.05, 0) is 42.7 Å². The summed E-state index contributed by atoms with van der Waals surface area (Å²) in [6.45, 7) is 2.48. The first-order valence-electron chi connectivity index (χ1n) is 8.37. The van der Waals surface area contributed by atoms with Gasteiger partial charge in [-0.3, -0.25) is 14.9 Å². The Balaban J connectivity index is 1.82. The minimum absolute atomic E-state index is 0.150. The van der Waals surface area contributed by atoms with Crippen LogP contribution >= 0.6 is 0 Å². The van der Waals surface area contributed by atoms with Gasteiger partial charge in [-0.2, -0.15) is 0 Å². The summed E-state index contributed by atoms with van der Waals surface area (Å²) in [6, 6.07) is 12.1. The second-order valence-electron chi connectivity index (χ2n) is 5.64. The lowest BCUT2D eigenvalue weighted by Gasteiger charge is -2.09. The van der Waals surface area contributed by atoms with E-state index in [0.717, 1.165) is 12.2 Å². The van der Waals surface area contributed by atoms with Crippen LogP contribution in [0.25, 0.3) is 0 Å². The van der Waals surface area contributed by atoms with Gasteiger partial charge < -0.3 is 14.8 Å². The van der Waals surface area contributed by atoms with E-state index in [1.807, 2.05) is 24.3 Å². The van der Waals surface area contributed by atoms with Crippen molar-refractivity contribution in [3.63, 3.8) is 0 Å². The number of nitro benzene ring substituents is 1. The number of carbonyl (C=O) groups excluding carboxylic acids is 1. The van der Waals surface area contributed by atoms with Gasteiger partial charge in [-0.15, -0.1) is 0 Å². The molecule has 0 aliphatic carbocycles. The summed E-state index contributed by atoms with van der Waals surface area (Å²) >= 11 is 0. The monoisotopic (exact) mass is 358 g/mol. The summed E-state index contributed by atoms with van der Waals surface area (Å²) in [5, 5.41) is 13.7. The number of nitro groups is 1. The minimum Gasteiger partial charge on any atom is -0.496 e. The molecule has 0 aromatic heterocycles. The maximum absolute atomic E-state index is 12.0. The molecule has 1 amide bonds. The molecule has 138 valence electrons. The fourth-order valence-corrected chi connectivity index (χ4v) is 2.35. The summed E-state index contributed by atoms with van der Waals surface area (Å²) in [6.07, 6.45) is 1.68. The SMILES string of the molecule is CCc1ccc(OCCCC(=O)Nc2ccc(OC)cc2[N+](=O)[O-])cc1. The molecule has 0 saturated heterocycles. The molecule has 0 saturated carbocycles. The third-order valence-corrected chi connectivity index (χ3v) is 3.82. The Labute approximate surface area is 152 Å². The number of anilines is 1. The Hall–Kier alpha value is -3.09. The molecule has 0 bridgehead atoms. The van der Waals surface area contributed by atoms with Crippen molar-refractivity contribution in [1.82, 2.24) is 0 Å². The van der Waals surface area contributed by atoms with Crippen LogP contribution in [-0.4, -0.2) is 24.5 Å². The lowest BCUT2D eigenvalue weighted by Crippen LogP contribution is -2.14. The molecule has 0 unspecified atom stereocenters. The number of nitrogens with one attached hydrogen (secondary N) is 1. The predicted molar refractivity (Wildman–Crippen MR) is 98.8 cm³/mol. The highest BCUT2D eigenvalue weighted by Crippen LogP contribution is 2.29. The van der Waals surface area contributed by atoms with Gasteiger partial charge in [0.05, 0.1) is 24.7 Å². The van der Waals surface area contributed by atoms with Gasteiger partial charge in [0.15, 0.2) is 0 Å². The van der Waals surface area contributed by atoms with Crippen molar-refractivity contribution < 1.29 is 19.2 Å². The molecule has 1 N–H and O–H groups in total. The third kappa shape index (κ3) is 5.47. The van der Waals surface area contributed by atoms with E-state index in [2.05, 4.69) is 12.2 Å². The lowest BCUT2D eigenvalue weighted by atomic mass is 10.2. The number of hydrogen-bond acceptors (Lipinski definition) is 5. The molecule has 26 heavy (non-hydrogen) atoms. The molecule has 0 heterocycles. The van der Waals surface area contributed by atoms with E-state index in [1.54, 1.807) is 6.07 Å². The molecule has 0 atom stereocenters. The average molecular weight is 358 g/mol. The summed E-state index contributed by atoms with van der Waals surface area (Å²) in [7, 11) is 1.42. The van der Waals surface area contributed by atoms with Crippen LogP contribution in [0, 0.1) is 10.1 Å². The highest BCUT2D eigenvalue weighted by atomic mass is 16.6. The number of aryl methyl sites for hydroxylation is 1. The zero-order valence-corrected chi connectivity index (χ0v) is 14.9. The maximum Gasteiger partial charge on any atom is 0.296 e. The van der Waals surface area contributed by atoms with E-state index in [0.29, 0.717) is 18.8 Å². The smallest absolute Gasteiger partial charge is 0.296 e. The number of benzene rings is 2. The molecular weight excluding hydrogens is 336 g/mol. The Kier molecular flexibility index (Phi) is 6.96. The first-order chi connectivity index (χ1) is 12.5. The van der Waals surface area contributed by atoms with Gasteiger partial charge >= 0.3 is 0 Å². The molecule has 0 spiro atoms. The van der Waals surface area contributed by atoms with Gasteiger partial charge in [-0.25, -0.2) is 0 Å². The number of methoxy groups -OCH3 is 1. The second kappa shape index (κ2) is 9.41. The summed E-state index contributed by atoms with van der Waals surface area (Å²) in [5.41, 5.74) is 1.18. The van der Waals surface area contributed by atoms with Gasteiger partial charge in [0.25, 0.3) is 5.69 Å². The fourth-order valence-electron chi connectivity index (χ4n) is 2.35. The zero-order chi connectivity index (χ0) is 18.9. The van der Waals surface area contributed by atoms with E-state index in [9.17, 15) is 14.9 Å². The van der Waals surface area contributed by atoms with Crippen molar-refractivity contribution in [2.24, 2.45) is 0 Å². The molecular formula is C19H22N2O5. The topological polar surface area (TPSA) is 90.7 Å². The molecule has 0 aliphatic heterocycles. The Morgan fingerprint density at radius 1 is 1.15 bits per heavy atom. The number of carbonyl (C=O) groups is 1. The van der Waals surface area contributed by atoms with Crippen LogP contribution in [0.4, 0.5) is 11.4 Å². The van der Waals surface area contributed by atoms with Crippen molar-refractivity contribution in [3.8, 4) is 11.5 Å². The van der Waals surface area contributed by atoms with Gasteiger partial charge in [0.1, 0.15) is 17.2 Å². The molecule has 2 rings (SSSR count). The molecule has 0 aliphatic rings. The van der Waals surface area contributed by atoms with Crippen LogP contribution < -0.4 is 14.8 Å². The van der Waals surface area contributed by atoms with Crippen LogP contribution in [-0.2, 0) is 11.2 Å². The van der Waals surface area contributed by atoms with E-state index in [4.69, 9.17) is 9.47 Å². The van der Waals surface area contributed by atoms with Crippen molar-refractivity contribution in [2.45, 2.75) is 26.2 Å². The first-order valence-corrected chi connectivity index (χ1v) is 8.37. The minimum atomic E-state index is -0.554. The average Bonchev–Trinajstić information content (AvgIpc) is 2.65. The summed E-state index contributed by atoms with van der Waals surface area (Å²) in [5.74, 6) is 0.814. The largest absolute Gasteiger partial charge is 0.496 e. The number of ether oxygens (including phenoxy) is 2. The lowest BCUT2D eigenvalue weighted by molar-refractivity contribution is -0.384. The number of nitrogens with zero attached hydrogens (tertiary/aromatic N) is 1. The number of amides is 1. The summed E-state index contributed by atoms with van der Waals surface area (Å²) in [4.78, 5) is 22.6. The maximum atomic E-state index is 12.0. The number of hydrogen-bond donors (Lipinski definition) is 1. The standard InChI is InChI=1S/C19H22N2O5/c1-3-14-6-8-15(9-7-14)26-12-4-5-19(22)20-17-11-10-16(25-2)13-18(17)21(23)24/h6-11,13H,3-5,12H2,1-2H3,(H,20,22). The number of rotatable bonds is 9. The molecule has 2 aromatic carbocycles. The zero-order valence-electron chi connectivity index (χ0n) is 14.9. The predicted octanol–water partition coefficient (Wildman–Crippen LogP) is 3.96. The van der Waals surface area contributed by atoms with Crippen LogP contribution in [0.15, 0.2) is 42.5 Å². The van der Waals surface area contributed by atoms with E-state index in [-0.39, 0.29) is 23.7 Å². The van der Waals surface area contributed by atoms with Gasteiger partial charge in [0.2, 0.25) is 5.91 Å². The molecule has 2 aromatic rings. The Morgan fingerprint density at radius 3 is 2.46 bits per heavy atom. The van der Waals surface area contributed by atoms with Crippen molar-refractivity contribution >= 4 is 17.3 Å². The van der Waals surface area contributed by atoms with Crippen LogP contribution in [0.3, 0.4) is 0 Å². The van der Waals surface area contributed by atoms with Crippen molar-refractivity contribution in [1.29, 1.82) is 0 Å². The Morgan fingerprint density at radius 2 is 1.85 bits per heavy atom. The van der Waals surface area contributed by atoms with Gasteiger partial charge in [0, 0.05) is 6.42 Å². The summed E-state index contributed by atoms with van der Waals surface area (Å²) < 4.78 is 10.6. The second-order valence-corrected chi connectivity index (χ2v) is 5.64. The van der Waals surface area contributed by atoms with E-state index < -0.39 is 4.92 Å². The van der Waals surface area contributed by atoms with Crippen molar-refractivity contribution in [2.75, 3.05) is 19.0 Å². The fraction of sp³-hybridized carbons (Fsp3) is 0.316. The van der Waals surface area contributed by atoms with E-state index >= 15 is 0 Å². The van der Waals surface area contributed by atoms with Crippen LogP contribution in [0.1, 0.15) is 25.3 Å². The first kappa shape index (κ1) is 19.2. The van der Waals surface area contributed by atoms with Crippen LogP contribution in [0.2, 0.25) is 0 Å². The van der Waals surface area contributed by atoms with Gasteiger partial charge in [-0.1, -0.05) is 19.1 Å². The molecule has 7 heteroatoms. The highest BCUT2D eigenvalue weighted by Gasteiger charge is 2.17. The normalized spacial score (nSPS) is 10.2. The molecule has 0 radical (unpaired) electrons. The quantitative estimate of drug-likeness (QED) is 0.416. The van der Waals surface area contributed by atoms with Crippen molar-refractivity contribution in [3.05, 3.63) is 58.1 Å². The Bertz CT molecular complexity index is 759.